The maximum Gasteiger partial charge on any atom is 0.172 e. The summed E-state index contributed by atoms with van der Waals surface area (Å²) in [5, 5.41) is 4.96. The maximum atomic E-state index is 13.4. The third-order valence-corrected chi connectivity index (χ3v) is 5.53. The van der Waals surface area contributed by atoms with Crippen molar-refractivity contribution in [3.63, 3.8) is 0 Å². The molecule has 3 aromatic rings. The Balaban J connectivity index is 1.34. The molecule has 0 saturated carbocycles. The van der Waals surface area contributed by atoms with Crippen LogP contribution in [0.15, 0.2) is 48.8 Å². The molecule has 1 aliphatic rings. The van der Waals surface area contributed by atoms with Gasteiger partial charge in [-0.05, 0) is 31.2 Å². The molecule has 0 aliphatic carbocycles. The van der Waals surface area contributed by atoms with E-state index in [9.17, 15) is 8.78 Å². The van der Waals surface area contributed by atoms with Crippen molar-refractivity contribution in [1.82, 2.24) is 19.7 Å². The summed E-state index contributed by atoms with van der Waals surface area (Å²) in [7, 11) is 0. The summed E-state index contributed by atoms with van der Waals surface area (Å²) in [6.45, 7) is 5.88. The summed E-state index contributed by atoms with van der Waals surface area (Å²) in [5.41, 5.74) is 2.56. The van der Waals surface area contributed by atoms with Gasteiger partial charge in [-0.2, -0.15) is 5.10 Å². The standard InChI is InChI=1S/C22H22ClF2N5/c1-16-17(15-27-30(16)22-21(23)5-2-6-26-22)4-3-7-28-8-10-29(11-9-28)20-13-18(24)12-19(25)14-20/h2-6,12-15H,7-11H2,1H3/b4-3+. The monoisotopic (exact) mass is 429 g/mol. The summed E-state index contributed by atoms with van der Waals surface area (Å²) in [4.78, 5) is 8.62. The Hall–Kier alpha value is -2.77. The van der Waals surface area contributed by atoms with Gasteiger partial charge in [-0.1, -0.05) is 23.8 Å². The zero-order chi connectivity index (χ0) is 21.1. The van der Waals surface area contributed by atoms with Crippen LogP contribution in [0, 0.1) is 18.6 Å². The Kier molecular flexibility index (Phi) is 6.11. The molecule has 156 valence electrons. The lowest BCUT2D eigenvalue weighted by Gasteiger charge is -2.35. The number of piperazine rings is 1. The summed E-state index contributed by atoms with van der Waals surface area (Å²) in [6.07, 6.45) is 7.64. The van der Waals surface area contributed by atoms with Crippen molar-refractivity contribution in [2.45, 2.75) is 6.92 Å². The highest BCUT2D eigenvalue weighted by Gasteiger charge is 2.17. The van der Waals surface area contributed by atoms with Crippen LogP contribution in [0.25, 0.3) is 11.9 Å². The topological polar surface area (TPSA) is 37.2 Å². The van der Waals surface area contributed by atoms with Crippen molar-refractivity contribution < 1.29 is 8.78 Å². The van der Waals surface area contributed by atoms with Crippen LogP contribution in [0.2, 0.25) is 5.02 Å². The number of anilines is 1. The van der Waals surface area contributed by atoms with E-state index in [1.807, 2.05) is 17.9 Å². The number of aromatic nitrogens is 3. The van der Waals surface area contributed by atoms with Crippen LogP contribution in [0.5, 0.6) is 0 Å². The minimum absolute atomic E-state index is 0.543. The van der Waals surface area contributed by atoms with Gasteiger partial charge >= 0.3 is 0 Å². The molecule has 1 aliphatic heterocycles. The molecule has 0 spiro atoms. The minimum atomic E-state index is -0.543. The third-order valence-electron chi connectivity index (χ3n) is 5.23. The van der Waals surface area contributed by atoms with E-state index in [1.54, 1.807) is 29.2 Å². The Labute approximate surface area is 179 Å². The fourth-order valence-corrected chi connectivity index (χ4v) is 3.77. The summed E-state index contributed by atoms with van der Waals surface area (Å²) in [5.74, 6) is -0.474. The maximum absolute atomic E-state index is 13.4. The highest BCUT2D eigenvalue weighted by Crippen LogP contribution is 2.21. The van der Waals surface area contributed by atoms with Crippen molar-refractivity contribution in [3.05, 3.63) is 76.7 Å². The first-order valence-corrected chi connectivity index (χ1v) is 10.1. The van der Waals surface area contributed by atoms with Gasteiger partial charge in [-0.25, -0.2) is 18.4 Å². The van der Waals surface area contributed by atoms with E-state index in [0.717, 1.165) is 50.0 Å². The van der Waals surface area contributed by atoms with Gasteiger partial charge < -0.3 is 4.90 Å². The van der Waals surface area contributed by atoms with Crippen LogP contribution in [0.4, 0.5) is 14.5 Å². The van der Waals surface area contributed by atoms with Crippen LogP contribution >= 0.6 is 11.6 Å². The van der Waals surface area contributed by atoms with E-state index in [2.05, 4.69) is 21.1 Å². The molecule has 8 heteroatoms. The Morgan fingerprint density at radius 1 is 1.10 bits per heavy atom. The van der Waals surface area contributed by atoms with Gasteiger partial charge in [0.2, 0.25) is 0 Å². The Morgan fingerprint density at radius 3 is 2.53 bits per heavy atom. The molecule has 1 saturated heterocycles. The average Bonchev–Trinajstić information content (AvgIpc) is 3.08. The fourth-order valence-electron chi connectivity index (χ4n) is 3.57. The van der Waals surface area contributed by atoms with Crippen molar-refractivity contribution >= 4 is 23.4 Å². The van der Waals surface area contributed by atoms with Crippen LogP contribution < -0.4 is 4.90 Å². The van der Waals surface area contributed by atoms with E-state index < -0.39 is 11.6 Å². The van der Waals surface area contributed by atoms with Gasteiger partial charge in [0, 0.05) is 56.2 Å². The van der Waals surface area contributed by atoms with Crippen molar-refractivity contribution in [2.24, 2.45) is 0 Å². The molecular weight excluding hydrogens is 408 g/mol. The molecule has 1 aromatic carbocycles. The number of halogens is 3. The average molecular weight is 430 g/mol. The van der Waals surface area contributed by atoms with Crippen LogP contribution in [0.3, 0.4) is 0 Å². The van der Waals surface area contributed by atoms with Crippen LogP contribution in [-0.4, -0.2) is 52.4 Å². The van der Waals surface area contributed by atoms with Crippen molar-refractivity contribution in [2.75, 3.05) is 37.6 Å². The number of hydrogen-bond donors (Lipinski definition) is 0. The first kappa shape index (κ1) is 20.5. The third kappa shape index (κ3) is 4.52. The molecule has 30 heavy (non-hydrogen) atoms. The Morgan fingerprint density at radius 2 is 1.83 bits per heavy atom. The first-order valence-electron chi connectivity index (χ1n) is 9.77. The number of rotatable bonds is 5. The lowest BCUT2D eigenvalue weighted by molar-refractivity contribution is 0.284. The van der Waals surface area contributed by atoms with Crippen LogP contribution in [0.1, 0.15) is 11.3 Å². The zero-order valence-corrected chi connectivity index (χ0v) is 17.4. The van der Waals surface area contributed by atoms with E-state index in [0.29, 0.717) is 16.5 Å². The molecule has 2 aromatic heterocycles. The molecule has 0 bridgehead atoms. The van der Waals surface area contributed by atoms with E-state index in [1.165, 1.54) is 12.1 Å². The van der Waals surface area contributed by atoms with Gasteiger partial charge in [-0.3, -0.25) is 4.90 Å². The van der Waals surface area contributed by atoms with Gasteiger partial charge in [0.25, 0.3) is 0 Å². The number of pyridine rings is 1. The Bertz CT molecular complexity index is 1040. The summed E-state index contributed by atoms with van der Waals surface area (Å²) >= 11 is 6.23. The van der Waals surface area contributed by atoms with Gasteiger partial charge in [0.15, 0.2) is 5.82 Å². The molecule has 0 unspecified atom stereocenters. The van der Waals surface area contributed by atoms with Crippen molar-refractivity contribution in [1.29, 1.82) is 0 Å². The summed E-state index contributed by atoms with van der Waals surface area (Å²) in [6, 6.07) is 7.24. The van der Waals surface area contributed by atoms with Crippen molar-refractivity contribution in [3.8, 4) is 5.82 Å². The normalized spacial score (nSPS) is 15.3. The first-order chi connectivity index (χ1) is 14.5. The smallest absolute Gasteiger partial charge is 0.172 e. The molecule has 0 atom stereocenters. The second kappa shape index (κ2) is 8.93. The predicted octanol–water partition coefficient (Wildman–Crippen LogP) is 4.34. The number of nitrogens with zero attached hydrogens (tertiary/aromatic N) is 5. The number of hydrogen-bond acceptors (Lipinski definition) is 4. The highest BCUT2D eigenvalue weighted by atomic mass is 35.5. The zero-order valence-electron chi connectivity index (χ0n) is 16.6. The highest BCUT2D eigenvalue weighted by molar-refractivity contribution is 6.32. The fraction of sp³-hybridized carbons (Fsp3) is 0.273. The molecule has 4 rings (SSSR count). The van der Waals surface area contributed by atoms with E-state index in [4.69, 9.17) is 11.6 Å². The lowest BCUT2D eigenvalue weighted by Crippen LogP contribution is -2.46. The second-order valence-electron chi connectivity index (χ2n) is 7.22. The lowest BCUT2D eigenvalue weighted by atomic mass is 10.2. The van der Waals surface area contributed by atoms with Gasteiger partial charge in [-0.15, -0.1) is 0 Å². The molecule has 0 amide bonds. The SMILES string of the molecule is Cc1c(/C=C/CN2CCN(c3cc(F)cc(F)c3)CC2)cnn1-c1ncccc1Cl. The quantitative estimate of drug-likeness (QED) is 0.604. The summed E-state index contributed by atoms with van der Waals surface area (Å²) < 4.78 is 28.6. The molecule has 0 radical (unpaired) electrons. The molecule has 5 nitrogen and oxygen atoms in total. The molecular formula is C22H22ClF2N5. The molecule has 1 fully saturated rings. The largest absolute Gasteiger partial charge is 0.369 e. The molecule has 3 heterocycles. The van der Waals surface area contributed by atoms with E-state index >= 15 is 0 Å². The van der Waals surface area contributed by atoms with Crippen LogP contribution in [-0.2, 0) is 0 Å². The minimum Gasteiger partial charge on any atom is -0.369 e. The number of benzene rings is 1. The molecule has 0 N–H and O–H groups in total. The second-order valence-corrected chi connectivity index (χ2v) is 7.63. The predicted molar refractivity (Wildman–Crippen MR) is 115 cm³/mol. The van der Waals surface area contributed by atoms with Gasteiger partial charge in [0.05, 0.1) is 16.9 Å². The van der Waals surface area contributed by atoms with Gasteiger partial charge in [0.1, 0.15) is 11.6 Å². The van der Waals surface area contributed by atoms with E-state index in [-0.39, 0.29) is 0 Å².